The number of halogens is 1. The van der Waals surface area contributed by atoms with Gasteiger partial charge in [-0.3, -0.25) is 4.79 Å². The van der Waals surface area contributed by atoms with Crippen LogP contribution in [0.15, 0.2) is 96.2 Å². The van der Waals surface area contributed by atoms with Crippen LogP contribution in [0.2, 0.25) is 5.02 Å². The number of nitrogens with zero attached hydrogens (tertiary/aromatic N) is 1. The van der Waals surface area contributed by atoms with Gasteiger partial charge in [0.05, 0.1) is 11.3 Å². The van der Waals surface area contributed by atoms with Crippen molar-refractivity contribution in [2.75, 3.05) is 10.8 Å². The molecular formula is C29H32ClN3O4S. The van der Waals surface area contributed by atoms with Crippen LogP contribution >= 0.6 is 23.5 Å². The molecule has 3 rings (SSSR count). The Morgan fingerprint density at radius 2 is 1.82 bits per heavy atom. The summed E-state index contributed by atoms with van der Waals surface area (Å²) >= 11 is 7.73. The molecule has 0 spiro atoms. The molecule has 3 aromatic rings. The van der Waals surface area contributed by atoms with Crippen molar-refractivity contribution >= 4 is 41.1 Å². The fraction of sp³-hybridized carbons (Fsp3) is 0.172. The Kier molecular flexibility index (Phi) is 12.3. The Bertz CT molecular complexity index is 1280. The molecule has 0 radical (unpaired) electrons. The molecule has 0 unspecified atom stereocenters. The van der Waals surface area contributed by atoms with Crippen LogP contribution < -0.4 is 20.1 Å². The van der Waals surface area contributed by atoms with Crippen LogP contribution in [-0.2, 0) is 11.3 Å². The number of carboxylic acid groups (broad SMARTS) is 1. The van der Waals surface area contributed by atoms with Crippen molar-refractivity contribution < 1.29 is 19.4 Å². The van der Waals surface area contributed by atoms with Crippen molar-refractivity contribution in [1.82, 2.24) is 5.32 Å². The van der Waals surface area contributed by atoms with Crippen LogP contribution in [0, 0.1) is 6.92 Å². The van der Waals surface area contributed by atoms with E-state index >= 15 is 0 Å². The van der Waals surface area contributed by atoms with E-state index in [2.05, 4.69) is 11.9 Å². The zero-order valence-corrected chi connectivity index (χ0v) is 23.2. The Hall–Kier alpha value is -3.88. The van der Waals surface area contributed by atoms with E-state index in [-0.39, 0.29) is 30.4 Å². The number of amides is 1. The maximum Gasteiger partial charge on any atom is 0.335 e. The predicted octanol–water partition coefficient (Wildman–Crippen LogP) is 6.57. The van der Waals surface area contributed by atoms with E-state index in [0.717, 1.165) is 16.1 Å². The number of rotatable bonds is 11. The van der Waals surface area contributed by atoms with Crippen molar-refractivity contribution in [1.29, 1.82) is 0 Å². The highest BCUT2D eigenvalue weighted by Gasteiger charge is 2.17. The quantitative estimate of drug-likeness (QED) is 0.140. The summed E-state index contributed by atoms with van der Waals surface area (Å²) in [6.07, 6.45) is 3.10. The molecule has 38 heavy (non-hydrogen) atoms. The van der Waals surface area contributed by atoms with Gasteiger partial charge in [0.1, 0.15) is 12.3 Å². The maximum absolute atomic E-state index is 12.9. The van der Waals surface area contributed by atoms with E-state index in [9.17, 15) is 14.7 Å². The smallest absolute Gasteiger partial charge is 0.335 e. The lowest BCUT2D eigenvalue weighted by atomic mass is 10.1. The highest BCUT2D eigenvalue weighted by molar-refractivity contribution is 8.00. The first-order valence-electron chi connectivity index (χ1n) is 11.9. The average Bonchev–Trinajstić information content (AvgIpc) is 2.91. The summed E-state index contributed by atoms with van der Waals surface area (Å²) in [6.45, 7) is 9.73. The van der Waals surface area contributed by atoms with Crippen molar-refractivity contribution in [2.45, 2.75) is 32.2 Å². The molecule has 7 nitrogen and oxygen atoms in total. The highest BCUT2D eigenvalue weighted by Crippen LogP contribution is 2.34. The maximum atomic E-state index is 12.9. The molecule has 9 heteroatoms. The van der Waals surface area contributed by atoms with E-state index in [1.165, 1.54) is 24.1 Å². The summed E-state index contributed by atoms with van der Waals surface area (Å²) in [7, 11) is 0. The topological polar surface area (TPSA) is 105 Å². The molecule has 0 fully saturated rings. The lowest BCUT2D eigenvalue weighted by Crippen LogP contribution is -2.34. The zero-order chi connectivity index (χ0) is 28.1. The minimum absolute atomic E-state index is 0.0394. The first kappa shape index (κ1) is 30.3. The zero-order valence-electron chi connectivity index (χ0n) is 21.6. The van der Waals surface area contributed by atoms with Crippen LogP contribution in [-0.4, -0.2) is 23.5 Å². The van der Waals surface area contributed by atoms with Gasteiger partial charge in [0.15, 0.2) is 5.88 Å². The summed E-state index contributed by atoms with van der Waals surface area (Å²) < 4.78 is 7.38. The fourth-order valence-corrected chi connectivity index (χ4v) is 4.38. The first-order valence-corrected chi connectivity index (χ1v) is 13.1. The number of hydrogen-bond donors (Lipinski definition) is 3. The molecule has 0 atom stereocenters. The second-order valence-corrected chi connectivity index (χ2v) is 9.17. The number of carbonyl (C=O) groups is 2. The SMILES string of the molecule is C=C/C=C(\N)Oc1ccc(SN(CC(=O)NCc2cccc(C(=O)O)c2)c2cccc(Cl)c2C)cc1.CC. The molecule has 0 saturated heterocycles. The highest BCUT2D eigenvalue weighted by atomic mass is 35.5. The number of anilines is 1. The van der Waals surface area contributed by atoms with E-state index in [1.54, 1.807) is 42.5 Å². The molecule has 1 amide bonds. The molecule has 200 valence electrons. The monoisotopic (exact) mass is 553 g/mol. The number of carbonyl (C=O) groups excluding carboxylic acids is 1. The van der Waals surface area contributed by atoms with Gasteiger partial charge in [-0.25, -0.2) is 4.79 Å². The van der Waals surface area contributed by atoms with Crippen LogP contribution in [0.5, 0.6) is 5.75 Å². The Morgan fingerprint density at radius 1 is 1.13 bits per heavy atom. The molecule has 0 heterocycles. The van der Waals surface area contributed by atoms with Gasteiger partial charge in [-0.2, -0.15) is 0 Å². The van der Waals surface area contributed by atoms with E-state index in [0.29, 0.717) is 16.3 Å². The van der Waals surface area contributed by atoms with Gasteiger partial charge in [-0.1, -0.05) is 56.3 Å². The molecule has 0 aliphatic heterocycles. The third-order valence-corrected chi connectivity index (χ3v) is 6.45. The Balaban J connectivity index is 0.00000247. The largest absolute Gasteiger partial charge is 0.478 e. The molecule has 0 aromatic heterocycles. The number of carboxylic acids is 1. The minimum Gasteiger partial charge on any atom is -0.478 e. The molecule has 0 aliphatic rings. The van der Waals surface area contributed by atoms with Crippen molar-refractivity contribution in [3.8, 4) is 5.75 Å². The molecular weight excluding hydrogens is 522 g/mol. The van der Waals surface area contributed by atoms with E-state index in [4.69, 9.17) is 22.1 Å². The number of nitrogens with two attached hydrogens (primary N) is 1. The van der Waals surface area contributed by atoms with Crippen molar-refractivity contribution in [3.05, 3.63) is 113 Å². The second-order valence-electron chi connectivity index (χ2n) is 7.67. The Morgan fingerprint density at radius 3 is 2.47 bits per heavy atom. The van der Waals surface area contributed by atoms with E-state index in [1.807, 2.05) is 49.3 Å². The molecule has 4 N–H and O–H groups in total. The van der Waals surface area contributed by atoms with Crippen LogP contribution in [0.25, 0.3) is 0 Å². The van der Waals surface area contributed by atoms with Crippen LogP contribution in [0.3, 0.4) is 0 Å². The summed E-state index contributed by atoms with van der Waals surface area (Å²) in [5.74, 6) is -0.447. The number of allylic oxidation sites excluding steroid dienone is 2. The van der Waals surface area contributed by atoms with E-state index < -0.39 is 5.97 Å². The summed E-state index contributed by atoms with van der Waals surface area (Å²) in [4.78, 5) is 25.0. The fourth-order valence-electron chi connectivity index (χ4n) is 3.22. The summed E-state index contributed by atoms with van der Waals surface area (Å²) in [5, 5.41) is 12.6. The lowest BCUT2D eigenvalue weighted by Gasteiger charge is -2.25. The number of ether oxygens (including phenoxy) is 1. The van der Waals surface area contributed by atoms with Gasteiger partial charge >= 0.3 is 5.97 Å². The first-order chi connectivity index (χ1) is 18.3. The van der Waals surface area contributed by atoms with Crippen LogP contribution in [0.1, 0.15) is 35.3 Å². The normalized spacial score (nSPS) is 10.6. The number of aromatic carboxylic acids is 1. The van der Waals surface area contributed by atoms with Gasteiger partial charge in [0.25, 0.3) is 0 Å². The predicted molar refractivity (Wildman–Crippen MR) is 156 cm³/mol. The van der Waals surface area contributed by atoms with Gasteiger partial charge in [-0.15, -0.1) is 0 Å². The van der Waals surface area contributed by atoms with Crippen LogP contribution in [0.4, 0.5) is 5.69 Å². The molecule has 3 aromatic carbocycles. The summed E-state index contributed by atoms with van der Waals surface area (Å²) in [5.41, 5.74) is 8.27. The minimum atomic E-state index is -1.02. The van der Waals surface area contributed by atoms with Gasteiger partial charge in [0.2, 0.25) is 5.91 Å². The van der Waals surface area contributed by atoms with Gasteiger partial charge in [0, 0.05) is 16.5 Å². The molecule has 0 aliphatic carbocycles. The lowest BCUT2D eigenvalue weighted by molar-refractivity contribution is -0.119. The number of nitrogens with one attached hydrogen (secondary N) is 1. The third kappa shape index (κ3) is 9.21. The molecule has 0 bridgehead atoms. The third-order valence-electron chi connectivity index (χ3n) is 5.02. The number of hydrogen-bond acceptors (Lipinski definition) is 6. The second kappa shape index (κ2) is 15.4. The van der Waals surface area contributed by atoms with Gasteiger partial charge < -0.3 is 25.2 Å². The van der Waals surface area contributed by atoms with Crippen molar-refractivity contribution in [2.24, 2.45) is 5.73 Å². The van der Waals surface area contributed by atoms with Gasteiger partial charge in [-0.05, 0) is 84.6 Å². The molecule has 0 saturated carbocycles. The Labute approximate surface area is 233 Å². The average molecular weight is 554 g/mol. The summed E-state index contributed by atoms with van der Waals surface area (Å²) in [6, 6.07) is 19.3. The van der Waals surface area contributed by atoms with Crippen molar-refractivity contribution in [3.63, 3.8) is 0 Å². The standard InChI is InChI=1S/C27H26ClN3O4S.C2H6/c1-3-6-25(29)35-21-11-13-22(14-12-21)36-31(24-10-5-9-23(28)18(24)2)17-26(32)30-16-19-7-4-8-20(15-19)27(33)34;1-2/h3-15H,1,16-17,29H2,2H3,(H,30,32)(H,33,34);1-2H3/b25-6+;. The number of benzene rings is 3.